The van der Waals surface area contributed by atoms with Gasteiger partial charge in [0, 0.05) is 6.54 Å². The predicted octanol–water partition coefficient (Wildman–Crippen LogP) is 3.88. The van der Waals surface area contributed by atoms with Gasteiger partial charge in [-0.2, -0.15) is 0 Å². The highest BCUT2D eigenvalue weighted by atomic mass is 32.1. The molecular weight excluding hydrogens is 356 g/mol. The Balaban J connectivity index is 1.46. The largest absolute Gasteiger partial charge is 0.486 e. The van der Waals surface area contributed by atoms with Crippen molar-refractivity contribution in [2.45, 2.75) is 13.5 Å². The van der Waals surface area contributed by atoms with E-state index in [0.717, 1.165) is 32.6 Å². The number of benzene rings is 1. The number of thiophene rings is 1. The summed E-state index contributed by atoms with van der Waals surface area (Å²) in [6, 6.07) is 9.72. The van der Waals surface area contributed by atoms with E-state index < -0.39 is 0 Å². The number of ether oxygens (including phenoxy) is 2. The van der Waals surface area contributed by atoms with Crippen molar-refractivity contribution in [2.24, 2.45) is 0 Å². The lowest BCUT2D eigenvalue weighted by Gasteiger charge is -2.18. The summed E-state index contributed by atoms with van der Waals surface area (Å²) in [5, 5.41) is 5.85. The lowest BCUT2D eigenvalue weighted by atomic mass is 10.2. The Labute approximate surface area is 153 Å². The van der Waals surface area contributed by atoms with Crippen LogP contribution in [0.15, 0.2) is 35.7 Å². The van der Waals surface area contributed by atoms with Crippen LogP contribution in [0, 0.1) is 6.92 Å². The highest BCUT2D eigenvalue weighted by Crippen LogP contribution is 2.32. The predicted molar refractivity (Wildman–Crippen MR) is 98.8 cm³/mol. The molecular formula is C18H16N2O3S2. The molecule has 1 N–H and O–H groups in total. The van der Waals surface area contributed by atoms with E-state index in [0.29, 0.717) is 24.6 Å². The minimum Gasteiger partial charge on any atom is -0.486 e. The number of hydrogen-bond acceptors (Lipinski definition) is 6. The number of hydrogen-bond donors (Lipinski definition) is 1. The van der Waals surface area contributed by atoms with Crippen LogP contribution in [0.4, 0.5) is 0 Å². The highest BCUT2D eigenvalue weighted by molar-refractivity contribution is 7.22. The summed E-state index contributed by atoms with van der Waals surface area (Å²) < 4.78 is 11.1. The number of nitrogens with one attached hydrogen (secondary N) is 1. The van der Waals surface area contributed by atoms with Crippen molar-refractivity contribution >= 4 is 28.6 Å². The number of aromatic nitrogens is 1. The lowest BCUT2D eigenvalue weighted by Crippen LogP contribution is -2.23. The first-order chi connectivity index (χ1) is 12.2. The Bertz CT molecular complexity index is 903. The van der Waals surface area contributed by atoms with Crippen LogP contribution in [-0.2, 0) is 6.54 Å². The molecule has 7 heteroatoms. The molecule has 0 saturated heterocycles. The first-order valence-corrected chi connectivity index (χ1v) is 9.58. The third-order valence-electron chi connectivity index (χ3n) is 3.79. The fourth-order valence-corrected chi connectivity index (χ4v) is 4.35. The fourth-order valence-electron chi connectivity index (χ4n) is 2.57. The van der Waals surface area contributed by atoms with Gasteiger partial charge in [0.15, 0.2) is 11.5 Å². The molecule has 0 fully saturated rings. The average Bonchev–Trinajstić information content (AvgIpc) is 3.29. The smallest absolute Gasteiger partial charge is 0.263 e. The molecule has 4 rings (SSSR count). The summed E-state index contributed by atoms with van der Waals surface area (Å²) in [4.78, 5) is 18.8. The monoisotopic (exact) mass is 372 g/mol. The zero-order valence-electron chi connectivity index (χ0n) is 13.6. The molecule has 1 amide bonds. The molecule has 1 aliphatic rings. The second-order valence-electron chi connectivity index (χ2n) is 5.57. The van der Waals surface area contributed by atoms with Crippen LogP contribution in [0.25, 0.3) is 9.88 Å². The standard InChI is InChI=1S/C18H16N2O3S2/c1-11-16(25-18(20-11)15-3-2-8-24-15)17(21)19-10-12-4-5-13-14(9-12)23-7-6-22-13/h2-5,8-9H,6-7,10H2,1H3,(H,19,21). The minimum atomic E-state index is -0.104. The van der Waals surface area contributed by atoms with E-state index in [1.807, 2.05) is 42.6 Å². The number of carbonyl (C=O) groups is 1. The van der Waals surface area contributed by atoms with Crippen LogP contribution in [0.5, 0.6) is 11.5 Å². The second kappa shape index (κ2) is 6.85. The number of amides is 1. The van der Waals surface area contributed by atoms with E-state index >= 15 is 0 Å². The molecule has 0 unspecified atom stereocenters. The maximum Gasteiger partial charge on any atom is 0.263 e. The maximum absolute atomic E-state index is 12.5. The molecule has 5 nitrogen and oxygen atoms in total. The molecule has 2 aromatic heterocycles. The van der Waals surface area contributed by atoms with E-state index in [1.54, 1.807) is 11.3 Å². The normalized spacial score (nSPS) is 12.8. The van der Waals surface area contributed by atoms with Crippen molar-refractivity contribution in [3.8, 4) is 21.4 Å². The minimum absolute atomic E-state index is 0.104. The number of rotatable bonds is 4. The quantitative estimate of drug-likeness (QED) is 0.755. The molecule has 3 aromatic rings. The molecule has 1 aromatic carbocycles. The van der Waals surface area contributed by atoms with Gasteiger partial charge in [-0.05, 0) is 36.1 Å². The van der Waals surface area contributed by atoms with E-state index in [4.69, 9.17) is 9.47 Å². The molecule has 0 spiro atoms. The molecule has 128 valence electrons. The van der Waals surface area contributed by atoms with Crippen molar-refractivity contribution < 1.29 is 14.3 Å². The van der Waals surface area contributed by atoms with E-state index in [1.165, 1.54) is 11.3 Å². The topological polar surface area (TPSA) is 60.5 Å². The molecule has 0 bridgehead atoms. The lowest BCUT2D eigenvalue weighted by molar-refractivity contribution is 0.0954. The van der Waals surface area contributed by atoms with E-state index in [-0.39, 0.29) is 5.91 Å². The van der Waals surface area contributed by atoms with Gasteiger partial charge in [0.05, 0.1) is 10.6 Å². The Morgan fingerprint density at radius 1 is 1.24 bits per heavy atom. The Morgan fingerprint density at radius 3 is 2.88 bits per heavy atom. The van der Waals surface area contributed by atoms with Gasteiger partial charge < -0.3 is 14.8 Å². The van der Waals surface area contributed by atoms with Gasteiger partial charge in [-0.3, -0.25) is 4.79 Å². The van der Waals surface area contributed by atoms with Gasteiger partial charge in [-0.1, -0.05) is 12.1 Å². The molecule has 25 heavy (non-hydrogen) atoms. The van der Waals surface area contributed by atoms with Crippen molar-refractivity contribution in [3.05, 3.63) is 51.8 Å². The number of thiazole rings is 1. The number of nitrogens with zero attached hydrogens (tertiary/aromatic N) is 1. The fraction of sp³-hybridized carbons (Fsp3) is 0.222. The van der Waals surface area contributed by atoms with Crippen LogP contribution >= 0.6 is 22.7 Å². The molecule has 0 saturated carbocycles. The maximum atomic E-state index is 12.5. The molecule has 1 aliphatic heterocycles. The van der Waals surface area contributed by atoms with Crippen molar-refractivity contribution in [3.63, 3.8) is 0 Å². The summed E-state index contributed by atoms with van der Waals surface area (Å²) in [6.07, 6.45) is 0. The second-order valence-corrected chi connectivity index (χ2v) is 7.52. The van der Waals surface area contributed by atoms with Crippen LogP contribution in [-0.4, -0.2) is 24.1 Å². The third kappa shape index (κ3) is 3.38. The Morgan fingerprint density at radius 2 is 2.08 bits per heavy atom. The van der Waals surface area contributed by atoms with Crippen molar-refractivity contribution in [1.82, 2.24) is 10.3 Å². The van der Waals surface area contributed by atoms with Gasteiger partial charge in [0.25, 0.3) is 5.91 Å². The number of fused-ring (bicyclic) bond motifs is 1. The average molecular weight is 372 g/mol. The first-order valence-electron chi connectivity index (χ1n) is 7.89. The van der Waals surface area contributed by atoms with Crippen molar-refractivity contribution in [1.29, 1.82) is 0 Å². The number of carbonyl (C=O) groups excluding carboxylic acids is 1. The van der Waals surface area contributed by atoms with E-state index in [9.17, 15) is 4.79 Å². The van der Waals surface area contributed by atoms with E-state index in [2.05, 4.69) is 10.3 Å². The summed E-state index contributed by atoms with van der Waals surface area (Å²) >= 11 is 3.05. The zero-order valence-corrected chi connectivity index (χ0v) is 15.2. The van der Waals surface area contributed by atoms with Crippen LogP contribution < -0.4 is 14.8 Å². The highest BCUT2D eigenvalue weighted by Gasteiger charge is 2.17. The van der Waals surface area contributed by atoms with Crippen LogP contribution in [0.1, 0.15) is 20.9 Å². The van der Waals surface area contributed by atoms with Gasteiger partial charge in [0.1, 0.15) is 23.1 Å². The molecule has 0 atom stereocenters. The Hall–Kier alpha value is -2.38. The Kier molecular flexibility index (Phi) is 4.42. The zero-order chi connectivity index (χ0) is 17.2. The van der Waals surface area contributed by atoms with Crippen molar-refractivity contribution in [2.75, 3.05) is 13.2 Å². The molecule has 0 aliphatic carbocycles. The van der Waals surface area contributed by atoms with Gasteiger partial charge in [-0.25, -0.2) is 4.98 Å². The third-order valence-corrected chi connectivity index (χ3v) is 5.99. The van der Waals surface area contributed by atoms with Crippen LogP contribution in [0.3, 0.4) is 0 Å². The molecule has 3 heterocycles. The summed E-state index contributed by atoms with van der Waals surface area (Å²) in [5.41, 5.74) is 1.73. The number of aryl methyl sites for hydroxylation is 1. The SMILES string of the molecule is Cc1nc(-c2cccs2)sc1C(=O)NCc1ccc2c(c1)OCCO2. The van der Waals surface area contributed by atoms with Gasteiger partial charge >= 0.3 is 0 Å². The summed E-state index contributed by atoms with van der Waals surface area (Å²) in [7, 11) is 0. The molecule has 0 radical (unpaired) electrons. The van der Waals surface area contributed by atoms with Crippen LogP contribution in [0.2, 0.25) is 0 Å². The van der Waals surface area contributed by atoms with Gasteiger partial charge in [-0.15, -0.1) is 22.7 Å². The first kappa shape index (κ1) is 16.1. The van der Waals surface area contributed by atoms with Gasteiger partial charge in [0.2, 0.25) is 0 Å². The summed E-state index contributed by atoms with van der Waals surface area (Å²) in [6.45, 7) is 3.42. The summed E-state index contributed by atoms with van der Waals surface area (Å²) in [5.74, 6) is 1.37.